The molecule has 6 heteroatoms. The van der Waals surface area contributed by atoms with Crippen LogP contribution in [0, 0.1) is 17.8 Å². The summed E-state index contributed by atoms with van der Waals surface area (Å²) in [5.41, 5.74) is 0.244. The Morgan fingerprint density at radius 3 is 2.56 bits per heavy atom. The molecule has 4 nitrogen and oxygen atoms in total. The molecule has 0 aliphatic heterocycles. The fourth-order valence-corrected chi connectivity index (χ4v) is 3.58. The highest BCUT2D eigenvalue weighted by Gasteiger charge is 2.33. The predicted molar refractivity (Wildman–Crippen MR) is 98.0 cm³/mol. The van der Waals surface area contributed by atoms with Crippen LogP contribution in [0.4, 0.5) is 0 Å². The Bertz CT molecular complexity index is 630. The molecule has 3 unspecified atom stereocenters. The Labute approximate surface area is 158 Å². The lowest BCUT2D eigenvalue weighted by Crippen LogP contribution is -2.36. The van der Waals surface area contributed by atoms with Gasteiger partial charge >= 0.3 is 11.9 Å². The second-order valence-electron chi connectivity index (χ2n) is 7.06. The second-order valence-corrected chi connectivity index (χ2v) is 7.87. The lowest BCUT2D eigenvalue weighted by Gasteiger charge is -2.36. The monoisotopic (exact) mass is 386 g/mol. The highest BCUT2D eigenvalue weighted by Crippen LogP contribution is 2.35. The van der Waals surface area contributed by atoms with Crippen LogP contribution in [-0.4, -0.2) is 24.6 Å². The second kappa shape index (κ2) is 8.91. The van der Waals surface area contributed by atoms with E-state index in [9.17, 15) is 9.59 Å². The molecule has 0 amide bonds. The number of benzene rings is 1. The van der Waals surface area contributed by atoms with Gasteiger partial charge in [-0.15, -0.1) is 0 Å². The minimum Gasteiger partial charge on any atom is -0.460 e. The standard InChI is InChI=1S/C19H24Cl2O4/c1-11(2)14-6-4-12(3)8-17(14)25-18(22)10-24-19(23)13-5-7-15(20)16(21)9-13/h5,7,9,11-12,14,17H,4,6,8,10H2,1-3H3. The molecule has 3 atom stereocenters. The van der Waals surface area contributed by atoms with Crippen molar-refractivity contribution in [2.45, 2.75) is 46.1 Å². The highest BCUT2D eigenvalue weighted by molar-refractivity contribution is 6.42. The van der Waals surface area contributed by atoms with Gasteiger partial charge in [-0.3, -0.25) is 0 Å². The maximum Gasteiger partial charge on any atom is 0.344 e. The van der Waals surface area contributed by atoms with Crippen LogP contribution in [0.5, 0.6) is 0 Å². The number of halogens is 2. The summed E-state index contributed by atoms with van der Waals surface area (Å²) in [6.45, 7) is 6.05. The number of hydrogen-bond donors (Lipinski definition) is 0. The molecule has 1 saturated carbocycles. The SMILES string of the molecule is CC1CCC(C(C)C)C(OC(=O)COC(=O)c2ccc(Cl)c(Cl)c2)C1. The van der Waals surface area contributed by atoms with Gasteiger partial charge in [0, 0.05) is 0 Å². The topological polar surface area (TPSA) is 52.6 Å². The van der Waals surface area contributed by atoms with Crippen LogP contribution in [0.3, 0.4) is 0 Å². The molecular weight excluding hydrogens is 363 g/mol. The Hall–Kier alpha value is -1.26. The van der Waals surface area contributed by atoms with Gasteiger partial charge in [0.1, 0.15) is 6.10 Å². The first-order valence-corrected chi connectivity index (χ1v) is 9.35. The third kappa shape index (κ3) is 5.61. The molecule has 0 spiro atoms. The van der Waals surface area contributed by atoms with E-state index in [1.165, 1.54) is 18.2 Å². The summed E-state index contributed by atoms with van der Waals surface area (Å²) in [6.07, 6.45) is 2.96. The summed E-state index contributed by atoms with van der Waals surface area (Å²) in [5.74, 6) is 0.188. The minimum absolute atomic E-state index is 0.111. The van der Waals surface area contributed by atoms with Crippen molar-refractivity contribution < 1.29 is 19.1 Å². The Kier molecular flexibility index (Phi) is 7.14. The highest BCUT2D eigenvalue weighted by atomic mass is 35.5. The van der Waals surface area contributed by atoms with Crippen molar-refractivity contribution in [3.63, 3.8) is 0 Å². The van der Waals surface area contributed by atoms with Gasteiger partial charge in [-0.2, -0.15) is 0 Å². The van der Waals surface area contributed by atoms with Gasteiger partial charge in [0.2, 0.25) is 0 Å². The van der Waals surface area contributed by atoms with E-state index in [-0.39, 0.29) is 16.7 Å². The van der Waals surface area contributed by atoms with Gasteiger partial charge in [-0.25, -0.2) is 9.59 Å². The molecule has 1 aromatic rings. The molecule has 1 aliphatic rings. The lowest BCUT2D eigenvalue weighted by molar-refractivity contribution is -0.159. The molecule has 138 valence electrons. The summed E-state index contributed by atoms with van der Waals surface area (Å²) in [5, 5.41) is 0.610. The van der Waals surface area contributed by atoms with E-state index in [4.69, 9.17) is 32.7 Å². The summed E-state index contributed by atoms with van der Waals surface area (Å²) in [4.78, 5) is 24.1. The van der Waals surface area contributed by atoms with E-state index in [0.717, 1.165) is 19.3 Å². The maximum absolute atomic E-state index is 12.1. The largest absolute Gasteiger partial charge is 0.460 e. The first-order valence-electron chi connectivity index (χ1n) is 8.59. The average Bonchev–Trinajstić information content (AvgIpc) is 2.55. The average molecular weight is 387 g/mol. The molecule has 0 aromatic heterocycles. The van der Waals surface area contributed by atoms with Gasteiger partial charge in [0.15, 0.2) is 6.61 Å². The van der Waals surface area contributed by atoms with Gasteiger partial charge in [-0.05, 0) is 48.8 Å². The van der Waals surface area contributed by atoms with Crippen LogP contribution in [0.1, 0.15) is 50.4 Å². The Balaban J connectivity index is 1.88. The maximum atomic E-state index is 12.1. The molecule has 1 aromatic carbocycles. The molecule has 0 saturated heterocycles. The molecule has 0 radical (unpaired) electrons. The van der Waals surface area contributed by atoms with Gasteiger partial charge < -0.3 is 9.47 Å². The minimum atomic E-state index is -0.632. The van der Waals surface area contributed by atoms with Crippen LogP contribution in [0.2, 0.25) is 10.0 Å². The zero-order chi connectivity index (χ0) is 18.6. The number of ether oxygens (including phenoxy) is 2. The molecule has 0 bridgehead atoms. The van der Waals surface area contributed by atoms with Gasteiger partial charge in [0.25, 0.3) is 0 Å². The lowest BCUT2D eigenvalue weighted by atomic mass is 9.75. The number of carbonyl (C=O) groups excluding carboxylic acids is 2. The summed E-state index contributed by atoms with van der Waals surface area (Å²) in [7, 11) is 0. The van der Waals surface area contributed by atoms with Crippen molar-refractivity contribution >= 4 is 35.1 Å². The summed E-state index contributed by atoms with van der Waals surface area (Å²) in [6, 6.07) is 4.42. The zero-order valence-corrected chi connectivity index (χ0v) is 16.3. The molecule has 0 N–H and O–H groups in total. The number of esters is 2. The first-order chi connectivity index (χ1) is 11.8. The van der Waals surface area contributed by atoms with Crippen LogP contribution in [-0.2, 0) is 14.3 Å². The van der Waals surface area contributed by atoms with Gasteiger partial charge in [0.05, 0.1) is 15.6 Å². The van der Waals surface area contributed by atoms with Crippen LogP contribution in [0.25, 0.3) is 0 Å². The van der Waals surface area contributed by atoms with E-state index in [1.807, 2.05) is 0 Å². The number of hydrogen-bond acceptors (Lipinski definition) is 4. The molecule has 0 heterocycles. The van der Waals surface area contributed by atoms with Crippen LogP contribution in [0.15, 0.2) is 18.2 Å². The van der Waals surface area contributed by atoms with E-state index < -0.39 is 18.5 Å². The van der Waals surface area contributed by atoms with Crippen molar-refractivity contribution in [1.82, 2.24) is 0 Å². The van der Waals surface area contributed by atoms with E-state index >= 15 is 0 Å². The van der Waals surface area contributed by atoms with Gasteiger partial charge in [-0.1, -0.05) is 50.4 Å². The van der Waals surface area contributed by atoms with Crippen LogP contribution >= 0.6 is 23.2 Å². The molecule has 1 aliphatic carbocycles. The number of rotatable bonds is 5. The quantitative estimate of drug-likeness (QED) is 0.656. The third-order valence-electron chi connectivity index (χ3n) is 4.72. The Morgan fingerprint density at radius 1 is 1.20 bits per heavy atom. The van der Waals surface area contributed by atoms with E-state index in [2.05, 4.69) is 20.8 Å². The zero-order valence-electron chi connectivity index (χ0n) is 14.8. The smallest absolute Gasteiger partial charge is 0.344 e. The third-order valence-corrected chi connectivity index (χ3v) is 5.46. The van der Waals surface area contributed by atoms with Crippen molar-refractivity contribution in [3.05, 3.63) is 33.8 Å². The van der Waals surface area contributed by atoms with Crippen molar-refractivity contribution in [3.8, 4) is 0 Å². The van der Waals surface area contributed by atoms with Crippen LogP contribution < -0.4 is 0 Å². The van der Waals surface area contributed by atoms with Crippen molar-refractivity contribution in [2.75, 3.05) is 6.61 Å². The van der Waals surface area contributed by atoms with Crippen molar-refractivity contribution in [2.24, 2.45) is 17.8 Å². The molecular formula is C19H24Cl2O4. The molecule has 1 fully saturated rings. The first kappa shape index (κ1) is 20.1. The predicted octanol–water partition coefficient (Wildman–Crippen LogP) is 5.15. The normalized spacial score (nSPS) is 23.4. The summed E-state index contributed by atoms with van der Waals surface area (Å²) >= 11 is 11.7. The fraction of sp³-hybridized carbons (Fsp3) is 0.579. The number of carbonyl (C=O) groups is 2. The van der Waals surface area contributed by atoms with E-state index in [1.54, 1.807) is 0 Å². The summed E-state index contributed by atoms with van der Waals surface area (Å²) < 4.78 is 10.6. The fourth-order valence-electron chi connectivity index (χ4n) is 3.28. The molecule has 25 heavy (non-hydrogen) atoms. The molecule has 2 rings (SSSR count). The van der Waals surface area contributed by atoms with Crippen molar-refractivity contribution in [1.29, 1.82) is 0 Å². The Morgan fingerprint density at radius 2 is 1.92 bits per heavy atom. The van der Waals surface area contributed by atoms with E-state index in [0.29, 0.717) is 22.8 Å².